The predicted molar refractivity (Wildman–Crippen MR) is 92.8 cm³/mol. The van der Waals surface area contributed by atoms with Gasteiger partial charge in [0.2, 0.25) is 0 Å². The van der Waals surface area contributed by atoms with E-state index in [2.05, 4.69) is 47.3 Å². The summed E-state index contributed by atoms with van der Waals surface area (Å²) in [5.41, 5.74) is 1.84. The summed E-state index contributed by atoms with van der Waals surface area (Å²) in [6.45, 7) is 7.46. The van der Waals surface area contributed by atoms with Gasteiger partial charge in [-0.15, -0.1) is 0 Å². The molecule has 0 radical (unpaired) electrons. The van der Waals surface area contributed by atoms with E-state index in [1.54, 1.807) is 6.20 Å². The van der Waals surface area contributed by atoms with E-state index in [0.29, 0.717) is 12.2 Å². The Morgan fingerprint density at radius 3 is 2.62 bits per heavy atom. The molecule has 0 aliphatic carbocycles. The largest absolute Gasteiger partial charge is 0.462 e. The number of rotatable bonds is 5. The molecular weight excluding hydrogens is 302 g/mol. The normalized spacial score (nSPS) is 17.6. The number of benzene rings is 1. The van der Waals surface area contributed by atoms with Gasteiger partial charge in [-0.05, 0) is 32.3 Å². The summed E-state index contributed by atoms with van der Waals surface area (Å²) >= 11 is 0. The maximum Gasteiger partial charge on any atom is 0.341 e. The van der Waals surface area contributed by atoms with Crippen LogP contribution in [0.25, 0.3) is 0 Å². The molecule has 0 saturated carbocycles. The third kappa shape index (κ3) is 3.67. The monoisotopic (exact) mass is 327 g/mol. The van der Waals surface area contributed by atoms with Crippen LogP contribution in [0.15, 0.2) is 42.7 Å². The highest BCUT2D eigenvalue weighted by molar-refractivity contribution is 5.88. The van der Waals surface area contributed by atoms with Gasteiger partial charge in [0.25, 0.3) is 0 Å². The van der Waals surface area contributed by atoms with Crippen molar-refractivity contribution < 1.29 is 9.53 Å². The fraction of sp³-hybridized carbons (Fsp3) is 0.474. The van der Waals surface area contributed by atoms with Crippen molar-refractivity contribution in [2.75, 3.05) is 19.7 Å². The van der Waals surface area contributed by atoms with Crippen LogP contribution in [0.3, 0.4) is 0 Å². The molecule has 0 bridgehead atoms. The van der Waals surface area contributed by atoms with Crippen molar-refractivity contribution in [3.63, 3.8) is 0 Å². The van der Waals surface area contributed by atoms with E-state index in [-0.39, 0.29) is 11.5 Å². The minimum Gasteiger partial charge on any atom is -0.462 e. The minimum absolute atomic E-state index is 0.0437. The van der Waals surface area contributed by atoms with Crippen molar-refractivity contribution in [2.45, 2.75) is 38.8 Å². The third-order valence-electron chi connectivity index (χ3n) is 4.83. The fourth-order valence-corrected chi connectivity index (χ4v) is 3.20. The highest BCUT2D eigenvalue weighted by Crippen LogP contribution is 2.30. The number of likely N-dealkylation sites (tertiary alicyclic amines) is 1. The Balaban J connectivity index is 1.61. The second-order valence-corrected chi connectivity index (χ2v) is 6.65. The number of ether oxygens (including phenoxy) is 1. The summed E-state index contributed by atoms with van der Waals surface area (Å²) in [4.78, 5) is 14.3. The lowest BCUT2D eigenvalue weighted by Crippen LogP contribution is -2.44. The molecule has 0 unspecified atom stereocenters. The third-order valence-corrected chi connectivity index (χ3v) is 4.83. The van der Waals surface area contributed by atoms with Crippen LogP contribution in [0.2, 0.25) is 0 Å². The first-order valence-corrected chi connectivity index (χ1v) is 8.59. The summed E-state index contributed by atoms with van der Waals surface area (Å²) < 4.78 is 6.99. The van der Waals surface area contributed by atoms with Crippen LogP contribution >= 0.6 is 0 Å². The van der Waals surface area contributed by atoms with Crippen LogP contribution in [0.5, 0.6) is 0 Å². The van der Waals surface area contributed by atoms with E-state index in [4.69, 9.17) is 4.74 Å². The zero-order valence-corrected chi connectivity index (χ0v) is 14.4. The molecule has 1 aliphatic rings. The summed E-state index contributed by atoms with van der Waals surface area (Å²) in [7, 11) is 0. The molecule has 1 aliphatic heterocycles. The molecule has 1 aromatic carbocycles. The van der Waals surface area contributed by atoms with Gasteiger partial charge >= 0.3 is 5.97 Å². The Morgan fingerprint density at radius 2 is 1.96 bits per heavy atom. The first kappa shape index (κ1) is 16.7. The molecule has 3 rings (SSSR count). The molecule has 0 N–H and O–H groups in total. The highest BCUT2D eigenvalue weighted by atomic mass is 16.5. The second-order valence-electron chi connectivity index (χ2n) is 6.65. The van der Waals surface area contributed by atoms with Crippen LogP contribution < -0.4 is 0 Å². The van der Waals surface area contributed by atoms with Gasteiger partial charge in [-0.2, -0.15) is 5.10 Å². The van der Waals surface area contributed by atoms with Crippen LogP contribution in [0.1, 0.15) is 42.6 Å². The van der Waals surface area contributed by atoms with Gasteiger partial charge in [-0.1, -0.05) is 30.3 Å². The minimum atomic E-state index is -0.297. The van der Waals surface area contributed by atoms with Crippen LogP contribution in [-0.2, 0) is 16.8 Å². The average Bonchev–Trinajstić information content (AvgIpc) is 3.09. The number of carbonyl (C=O) groups is 1. The van der Waals surface area contributed by atoms with E-state index in [1.807, 2.05) is 17.8 Å². The molecule has 2 heterocycles. The zero-order chi connectivity index (χ0) is 17.0. The van der Waals surface area contributed by atoms with Gasteiger partial charge in [0, 0.05) is 25.8 Å². The smallest absolute Gasteiger partial charge is 0.341 e. The number of carbonyl (C=O) groups excluding carboxylic acids is 1. The van der Waals surface area contributed by atoms with Gasteiger partial charge in [0.15, 0.2) is 0 Å². The maximum atomic E-state index is 11.8. The summed E-state index contributed by atoms with van der Waals surface area (Å²) in [5, 5.41) is 4.42. The topological polar surface area (TPSA) is 47.4 Å². The average molecular weight is 327 g/mol. The van der Waals surface area contributed by atoms with Gasteiger partial charge < -0.3 is 4.74 Å². The summed E-state index contributed by atoms with van der Waals surface area (Å²) in [5.74, 6) is -0.297. The zero-order valence-electron chi connectivity index (χ0n) is 14.4. The van der Waals surface area contributed by atoms with Gasteiger partial charge in [0.1, 0.15) is 0 Å². The van der Waals surface area contributed by atoms with Crippen molar-refractivity contribution in [1.29, 1.82) is 0 Å². The maximum absolute atomic E-state index is 11.8. The lowest BCUT2D eigenvalue weighted by atomic mass is 9.89. The molecule has 24 heavy (non-hydrogen) atoms. The standard InChI is InChI=1S/C19H25N3O2/c1-3-24-18(23)17-13-20-22(15-17)19(2)9-11-21(12-10-19)14-16-7-5-4-6-8-16/h4-8,13,15H,3,9-12,14H2,1-2H3. The van der Waals surface area contributed by atoms with E-state index in [0.717, 1.165) is 32.5 Å². The Kier molecular flexibility index (Phi) is 5.00. The van der Waals surface area contributed by atoms with E-state index >= 15 is 0 Å². The first-order valence-electron chi connectivity index (χ1n) is 8.59. The lowest BCUT2D eigenvalue weighted by molar-refractivity contribution is 0.0525. The molecule has 128 valence electrons. The molecule has 5 heteroatoms. The van der Waals surface area contributed by atoms with Crippen molar-refractivity contribution in [3.05, 3.63) is 53.9 Å². The number of esters is 1. The van der Waals surface area contributed by atoms with Crippen molar-refractivity contribution >= 4 is 5.97 Å². The van der Waals surface area contributed by atoms with Crippen molar-refractivity contribution in [2.24, 2.45) is 0 Å². The van der Waals surface area contributed by atoms with Gasteiger partial charge in [-0.3, -0.25) is 9.58 Å². The number of hydrogen-bond acceptors (Lipinski definition) is 4. The summed E-state index contributed by atoms with van der Waals surface area (Å²) in [6, 6.07) is 10.6. The molecule has 1 fully saturated rings. The molecule has 5 nitrogen and oxygen atoms in total. The van der Waals surface area contributed by atoms with Crippen molar-refractivity contribution in [3.8, 4) is 0 Å². The Bertz CT molecular complexity index is 673. The molecular formula is C19H25N3O2. The Labute approximate surface area is 143 Å². The van der Waals surface area contributed by atoms with Crippen molar-refractivity contribution in [1.82, 2.24) is 14.7 Å². The Morgan fingerprint density at radius 1 is 1.25 bits per heavy atom. The lowest BCUT2D eigenvalue weighted by Gasteiger charge is -2.39. The predicted octanol–water partition coefficient (Wildman–Crippen LogP) is 3.07. The fourth-order valence-electron chi connectivity index (χ4n) is 3.20. The number of hydrogen-bond donors (Lipinski definition) is 0. The second kappa shape index (κ2) is 7.18. The van der Waals surface area contributed by atoms with Crippen LogP contribution in [0.4, 0.5) is 0 Å². The first-order chi connectivity index (χ1) is 11.6. The Hall–Kier alpha value is -2.14. The molecule has 1 saturated heterocycles. The molecule has 2 aromatic rings. The SMILES string of the molecule is CCOC(=O)c1cnn(C2(C)CCN(Cc3ccccc3)CC2)c1. The van der Waals surface area contributed by atoms with E-state index in [1.165, 1.54) is 5.56 Å². The molecule has 1 aromatic heterocycles. The molecule has 0 amide bonds. The number of aromatic nitrogens is 2. The van der Waals surface area contributed by atoms with Crippen LogP contribution in [0, 0.1) is 0 Å². The van der Waals surface area contributed by atoms with Gasteiger partial charge in [0.05, 0.1) is 23.9 Å². The highest BCUT2D eigenvalue weighted by Gasteiger charge is 2.33. The van der Waals surface area contributed by atoms with Gasteiger partial charge in [-0.25, -0.2) is 4.79 Å². The quantitative estimate of drug-likeness (QED) is 0.792. The molecule has 0 atom stereocenters. The number of nitrogens with zero attached hydrogens (tertiary/aromatic N) is 3. The van der Waals surface area contributed by atoms with E-state index < -0.39 is 0 Å². The summed E-state index contributed by atoms with van der Waals surface area (Å²) in [6.07, 6.45) is 5.47. The van der Waals surface area contributed by atoms with E-state index in [9.17, 15) is 4.79 Å². The number of piperidine rings is 1. The van der Waals surface area contributed by atoms with Crippen LogP contribution in [-0.4, -0.2) is 40.3 Å². The molecule has 0 spiro atoms.